The van der Waals surface area contributed by atoms with Gasteiger partial charge in [-0.25, -0.2) is 8.42 Å². The minimum absolute atomic E-state index is 0.272. The Morgan fingerprint density at radius 3 is 1.39 bits per heavy atom. The summed E-state index contributed by atoms with van der Waals surface area (Å²) in [7, 11) is -3.51. The van der Waals surface area contributed by atoms with E-state index in [1.165, 1.54) is 0 Å². The van der Waals surface area contributed by atoms with Crippen molar-refractivity contribution in [1.29, 1.82) is 0 Å². The summed E-state index contributed by atoms with van der Waals surface area (Å²) in [5.74, 6) is 0. The number of nitrogens with one attached hydrogen (secondary N) is 2. The Morgan fingerprint density at radius 2 is 1.09 bits per heavy atom. The van der Waals surface area contributed by atoms with Crippen LogP contribution in [0.15, 0.2) is 83.6 Å². The largest absolute Gasteiger partial charge is 0.382 e. The van der Waals surface area contributed by atoms with Crippen LogP contribution in [0.2, 0.25) is 0 Å². The lowest BCUT2D eigenvalue weighted by Gasteiger charge is -2.08. The molecule has 0 aliphatic carbocycles. The van der Waals surface area contributed by atoms with Crippen molar-refractivity contribution in [2.24, 2.45) is 0 Å². The molecule has 0 spiro atoms. The number of sulfone groups is 1. The highest BCUT2D eigenvalue weighted by Gasteiger charge is 2.17. The second-order valence-corrected chi connectivity index (χ2v) is 6.84. The van der Waals surface area contributed by atoms with Gasteiger partial charge in [0.15, 0.2) is 0 Å². The molecule has 0 aliphatic rings. The molecule has 2 rings (SSSR count). The van der Waals surface area contributed by atoms with E-state index in [0.29, 0.717) is 13.1 Å². The summed E-state index contributed by atoms with van der Waals surface area (Å²) in [5.41, 5.74) is 1.71. The number of rotatable bonds is 8. The fourth-order valence-corrected chi connectivity index (χ4v) is 3.28. The summed E-state index contributed by atoms with van der Waals surface area (Å²) in [4.78, 5) is 0.543. The predicted octanol–water partition coefficient (Wildman–Crippen LogP) is 3.72. The highest BCUT2D eigenvalue weighted by Crippen LogP contribution is 2.23. The van der Waals surface area contributed by atoms with Crippen LogP contribution < -0.4 is 10.6 Å². The highest BCUT2D eigenvalue weighted by molar-refractivity contribution is 7.91. The third kappa shape index (κ3) is 4.23. The van der Waals surface area contributed by atoms with Gasteiger partial charge in [-0.2, -0.15) is 0 Å². The first-order valence-corrected chi connectivity index (χ1v) is 8.71. The van der Waals surface area contributed by atoms with E-state index in [0.717, 1.165) is 11.4 Å². The molecule has 0 aromatic heterocycles. The van der Waals surface area contributed by atoms with Crippen molar-refractivity contribution in [3.8, 4) is 0 Å². The molecule has 0 fully saturated rings. The monoisotopic (exact) mass is 328 g/mol. The van der Waals surface area contributed by atoms with E-state index in [9.17, 15) is 8.42 Å². The van der Waals surface area contributed by atoms with E-state index in [2.05, 4.69) is 23.8 Å². The van der Waals surface area contributed by atoms with Gasteiger partial charge in [0.2, 0.25) is 9.84 Å². The maximum absolute atomic E-state index is 12.6. The van der Waals surface area contributed by atoms with Gasteiger partial charge in [0.05, 0.1) is 9.79 Å². The van der Waals surface area contributed by atoms with E-state index in [4.69, 9.17) is 0 Å². The maximum Gasteiger partial charge on any atom is 0.206 e. The van der Waals surface area contributed by atoms with Gasteiger partial charge in [-0.1, -0.05) is 12.2 Å². The van der Waals surface area contributed by atoms with E-state index in [1.54, 1.807) is 60.7 Å². The molecule has 2 aromatic rings. The van der Waals surface area contributed by atoms with Crippen molar-refractivity contribution in [1.82, 2.24) is 0 Å². The fraction of sp³-hybridized carbons (Fsp3) is 0.111. The number of hydrogen-bond acceptors (Lipinski definition) is 4. The molecule has 120 valence electrons. The van der Waals surface area contributed by atoms with Crippen LogP contribution in [0.4, 0.5) is 11.4 Å². The molecule has 0 unspecified atom stereocenters. The summed E-state index contributed by atoms with van der Waals surface area (Å²) in [6.45, 7) is 8.52. The zero-order valence-electron chi connectivity index (χ0n) is 12.8. The first-order valence-electron chi connectivity index (χ1n) is 7.22. The highest BCUT2D eigenvalue weighted by atomic mass is 32.2. The zero-order valence-corrected chi connectivity index (χ0v) is 13.6. The van der Waals surface area contributed by atoms with Crippen molar-refractivity contribution >= 4 is 21.2 Å². The van der Waals surface area contributed by atoms with Gasteiger partial charge in [0.25, 0.3) is 0 Å². The quantitative estimate of drug-likeness (QED) is 0.725. The lowest BCUT2D eigenvalue weighted by Crippen LogP contribution is -2.04. The average molecular weight is 328 g/mol. The Kier molecular flexibility index (Phi) is 5.60. The molecule has 5 heteroatoms. The van der Waals surface area contributed by atoms with Gasteiger partial charge in [-0.15, -0.1) is 13.2 Å². The third-order valence-electron chi connectivity index (χ3n) is 3.23. The van der Waals surface area contributed by atoms with Crippen molar-refractivity contribution < 1.29 is 8.42 Å². The van der Waals surface area contributed by atoms with Gasteiger partial charge < -0.3 is 10.6 Å². The first-order chi connectivity index (χ1) is 11.1. The summed E-state index contributed by atoms with van der Waals surface area (Å²) in [6, 6.07) is 13.4. The van der Waals surface area contributed by atoms with Crippen LogP contribution in [-0.4, -0.2) is 21.5 Å². The topological polar surface area (TPSA) is 58.2 Å². The molecule has 4 nitrogen and oxygen atoms in total. The number of anilines is 2. The van der Waals surface area contributed by atoms with Crippen LogP contribution in [0.25, 0.3) is 0 Å². The Labute approximate surface area is 137 Å². The van der Waals surface area contributed by atoms with Gasteiger partial charge in [-0.3, -0.25) is 0 Å². The number of hydrogen-bond donors (Lipinski definition) is 2. The molecule has 2 N–H and O–H groups in total. The third-order valence-corrected chi connectivity index (χ3v) is 5.02. The summed E-state index contributed by atoms with van der Waals surface area (Å²) < 4.78 is 25.2. The van der Waals surface area contributed by atoms with Gasteiger partial charge in [0, 0.05) is 24.5 Å². The Balaban J connectivity index is 2.20. The molecule has 0 heterocycles. The van der Waals surface area contributed by atoms with Gasteiger partial charge in [0.1, 0.15) is 0 Å². The molecular formula is C18H20N2O2S. The molecule has 0 atom stereocenters. The normalized spacial score (nSPS) is 10.8. The van der Waals surface area contributed by atoms with Crippen LogP contribution >= 0.6 is 0 Å². The van der Waals surface area contributed by atoms with Gasteiger partial charge in [-0.05, 0) is 48.5 Å². The molecule has 23 heavy (non-hydrogen) atoms. The van der Waals surface area contributed by atoms with Gasteiger partial charge >= 0.3 is 0 Å². The first kappa shape index (κ1) is 16.8. The molecule has 0 aliphatic heterocycles. The molecule has 0 amide bonds. The standard InChI is InChI=1S/C18H20N2O2S/c1-3-13-19-15-5-9-17(10-6-15)23(21,22)18-11-7-16(8-12-18)20-14-4-2/h3-12,19-20H,1-2,13-14H2. The van der Waals surface area contributed by atoms with E-state index in [-0.39, 0.29) is 9.79 Å². The molecular weight excluding hydrogens is 308 g/mol. The van der Waals surface area contributed by atoms with Crippen LogP contribution in [0.5, 0.6) is 0 Å². The van der Waals surface area contributed by atoms with E-state index < -0.39 is 9.84 Å². The van der Waals surface area contributed by atoms with Crippen molar-refractivity contribution in [3.05, 3.63) is 73.8 Å². The van der Waals surface area contributed by atoms with Crippen molar-refractivity contribution in [2.45, 2.75) is 9.79 Å². The fourth-order valence-electron chi connectivity index (χ4n) is 2.02. The molecule has 0 radical (unpaired) electrons. The van der Waals surface area contributed by atoms with Crippen molar-refractivity contribution in [3.63, 3.8) is 0 Å². The molecule has 0 bridgehead atoms. The second-order valence-electron chi connectivity index (χ2n) is 4.89. The SMILES string of the molecule is C=CCNc1ccc(S(=O)(=O)c2ccc(NCC=C)cc2)cc1. The minimum atomic E-state index is -3.51. The Bertz CT molecular complexity index is 702. The number of benzene rings is 2. The van der Waals surface area contributed by atoms with E-state index in [1.807, 2.05) is 0 Å². The smallest absolute Gasteiger partial charge is 0.206 e. The lowest BCUT2D eigenvalue weighted by molar-refractivity contribution is 0.596. The predicted molar refractivity (Wildman–Crippen MR) is 95.7 cm³/mol. The molecule has 2 aromatic carbocycles. The maximum atomic E-state index is 12.6. The summed E-state index contributed by atoms with van der Waals surface area (Å²) in [5, 5.41) is 6.22. The zero-order chi connectivity index (χ0) is 16.7. The lowest BCUT2D eigenvalue weighted by atomic mass is 10.3. The second kappa shape index (κ2) is 7.65. The summed E-state index contributed by atoms with van der Waals surface area (Å²) in [6.07, 6.45) is 3.49. The Hall–Kier alpha value is -2.53. The van der Waals surface area contributed by atoms with Crippen LogP contribution in [0, 0.1) is 0 Å². The van der Waals surface area contributed by atoms with E-state index >= 15 is 0 Å². The molecule has 0 saturated heterocycles. The Morgan fingerprint density at radius 1 is 0.739 bits per heavy atom. The molecule has 0 saturated carbocycles. The van der Waals surface area contributed by atoms with Crippen LogP contribution in [0.3, 0.4) is 0 Å². The summed E-state index contributed by atoms with van der Waals surface area (Å²) >= 11 is 0. The van der Waals surface area contributed by atoms with Crippen LogP contribution in [-0.2, 0) is 9.84 Å². The van der Waals surface area contributed by atoms with Crippen molar-refractivity contribution in [2.75, 3.05) is 23.7 Å². The minimum Gasteiger partial charge on any atom is -0.382 e. The average Bonchev–Trinajstić information content (AvgIpc) is 2.59. The van der Waals surface area contributed by atoms with Crippen LogP contribution in [0.1, 0.15) is 0 Å².